The summed E-state index contributed by atoms with van der Waals surface area (Å²) in [7, 11) is 0. The van der Waals surface area contributed by atoms with Crippen molar-refractivity contribution in [3.63, 3.8) is 0 Å². The molecule has 0 radical (unpaired) electrons. The van der Waals surface area contributed by atoms with E-state index in [0.717, 1.165) is 45.3 Å². The maximum absolute atomic E-state index is 6.32. The van der Waals surface area contributed by atoms with Crippen LogP contribution in [0, 0.1) is 12.3 Å². The summed E-state index contributed by atoms with van der Waals surface area (Å²) in [4.78, 5) is 9.55. The third-order valence-electron chi connectivity index (χ3n) is 5.65. The Hall–Kier alpha value is -3.46. The summed E-state index contributed by atoms with van der Waals surface area (Å²) in [6.07, 6.45) is 2.98. The smallest absolute Gasteiger partial charge is 0.227 e. The van der Waals surface area contributed by atoms with Crippen LogP contribution in [0.4, 0.5) is 0 Å². The van der Waals surface area contributed by atoms with Crippen molar-refractivity contribution in [3.05, 3.63) is 84.1 Å². The highest BCUT2D eigenvalue weighted by atomic mass is 16.3. The van der Waals surface area contributed by atoms with Gasteiger partial charge in [0, 0.05) is 28.1 Å². The molecule has 3 aromatic heterocycles. The first-order valence-electron chi connectivity index (χ1n) is 10.7. The van der Waals surface area contributed by atoms with E-state index < -0.39 is 0 Å². The van der Waals surface area contributed by atoms with E-state index >= 15 is 0 Å². The zero-order valence-corrected chi connectivity index (χ0v) is 18.4. The Morgan fingerprint density at radius 3 is 2.42 bits per heavy atom. The second-order valence-corrected chi connectivity index (χ2v) is 9.43. The number of hydrogen-bond donors (Lipinski definition) is 0. The molecule has 0 aliphatic carbocycles. The van der Waals surface area contributed by atoms with E-state index in [2.05, 4.69) is 76.2 Å². The summed E-state index contributed by atoms with van der Waals surface area (Å²) in [5.41, 5.74) is 8.21. The van der Waals surface area contributed by atoms with Gasteiger partial charge in [0.1, 0.15) is 5.58 Å². The molecule has 31 heavy (non-hydrogen) atoms. The Morgan fingerprint density at radius 1 is 0.839 bits per heavy atom. The number of aryl methyl sites for hydroxylation is 1. The molecule has 0 amide bonds. The van der Waals surface area contributed by atoms with Gasteiger partial charge in [0.05, 0.1) is 11.4 Å². The van der Waals surface area contributed by atoms with E-state index in [1.54, 1.807) is 0 Å². The third kappa shape index (κ3) is 3.72. The Kier molecular flexibility index (Phi) is 4.62. The molecular weight excluding hydrogens is 380 g/mol. The molecule has 0 aliphatic heterocycles. The number of para-hydroxylation sites is 1. The SMILES string of the molecule is Cc1cnc(-c2cccc3c2oc2nc(-c4ccccc4)ccc23)cc1CC(C)(C)C. The van der Waals surface area contributed by atoms with Crippen LogP contribution in [-0.2, 0) is 6.42 Å². The molecule has 0 N–H and O–H groups in total. The molecule has 5 aromatic rings. The van der Waals surface area contributed by atoms with Gasteiger partial charge in [0.25, 0.3) is 0 Å². The third-order valence-corrected chi connectivity index (χ3v) is 5.65. The minimum atomic E-state index is 0.215. The molecule has 0 unspecified atom stereocenters. The van der Waals surface area contributed by atoms with Gasteiger partial charge in [-0.2, -0.15) is 0 Å². The second kappa shape index (κ2) is 7.35. The van der Waals surface area contributed by atoms with Gasteiger partial charge < -0.3 is 4.42 Å². The lowest BCUT2D eigenvalue weighted by Gasteiger charge is -2.20. The van der Waals surface area contributed by atoms with E-state index in [1.165, 1.54) is 11.1 Å². The molecule has 3 heterocycles. The van der Waals surface area contributed by atoms with Crippen LogP contribution in [0.25, 0.3) is 44.6 Å². The predicted octanol–water partition coefficient (Wildman–Crippen LogP) is 7.61. The fourth-order valence-corrected chi connectivity index (χ4v) is 4.12. The van der Waals surface area contributed by atoms with E-state index in [-0.39, 0.29) is 5.41 Å². The van der Waals surface area contributed by atoms with Crippen molar-refractivity contribution >= 4 is 22.1 Å². The van der Waals surface area contributed by atoms with E-state index in [9.17, 15) is 0 Å². The van der Waals surface area contributed by atoms with E-state index in [1.807, 2.05) is 24.4 Å². The first kappa shape index (κ1) is 19.5. The fourth-order valence-electron chi connectivity index (χ4n) is 4.12. The van der Waals surface area contributed by atoms with Gasteiger partial charge in [0.2, 0.25) is 5.71 Å². The Labute approximate surface area is 182 Å². The van der Waals surface area contributed by atoms with E-state index in [0.29, 0.717) is 5.71 Å². The van der Waals surface area contributed by atoms with Crippen LogP contribution in [-0.4, -0.2) is 9.97 Å². The van der Waals surface area contributed by atoms with Gasteiger partial charge in [-0.3, -0.25) is 4.98 Å². The normalized spacial score (nSPS) is 12.0. The molecule has 0 saturated carbocycles. The first-order chi connectivity index (χ1) is 14.9. The lowest BCUT2D eigenvalue weighted by Crippen LogP contribution is -2.10. The van der Waals surface area contributed by atoms with Gasteiger partial charge in [-0.1, -0.05) is 63.2 Å². The number of rotatable bonds is 3. The molecule has 3 heteroatoms. The largest absolute Gasteiger partial charge is 0.437 e. The molecule has 5 rings (SSSR count). The van der Waals surface area contributed by atoms with Crippen LogP contribution in [0.3, 0.4) is 0 Å². The van der Waals surface area contributed by atoms with Crippen LogP contribution >= 0.6 is 0 Å². The topological polar surface area (TPSA) is 38.9 Å². The molecule has 0 saturated heterocycles. The Morgan fingerprint density at radius 2 is 1.65 bits per heavy atom. The average Bonchev–Trinajstić information content (AvgIpc) is 3.13. The zero-order chi connectivity index (χ0) is 21.6. The summed E-state index contributed by atoms with van der Waals surface area (Å²) in [5.74, 6) is 0. The summed E-state index contributed by atoms with van der Waals surface area (Å²) in [6, 6.07) is 22.8. The van der Waals surface area contributed by atoms with Crippen LogP contribution < -0.4 is 0 Å². The van der Waals surface area contributed by atoms with Crippen LogP contribution in [0.1, 0.15) is 31.9 Å². The lowest BCUT2D eigenvalue weighted by atomic mass is 9.86. The highest BCUT2D eigenvalue weighted by molar-refractivity contribution is 6.08. The average molecular weight is 407 g/mol. The Bertz CT molecular complexity index is 1390. The van der Waals surface area contributed by atoms with Gasteiger partial charge >= 0.3 is 0 Å². The summed E-state index contributed by atoms with van der Waals surface area (Å²) >= 11 is 0. The molecule has 0 bridgehead atoms. The van der Waals surface area contributed by atoms with Crippen molar-refractivity contribution in [2.45, 2.75) is 34.1 Å². The number of pyridine rings is 2. The van der Waals surface area contributed by atoms with Gasteiger partial charge in [-0.05, 0) is 54.2 Å². The van der Waals surface area contributed by atoms with Crippen LogP contribution in [0.2, 0.25) is 0 Å². The molecule has 2 aromatic carbocycles. The van der Waals surface area contributed by atoms with Crippen molar-refractivity contribution in [1.82, 2.24) is 9.97 Å². The van der Waals surface area contributed by atoms with Crippen molar-refractivity contribution < 1.29 is 4.42 Å². The minimum Gasteiger partial charge on any atom is -0.437 e. The summed E-state index contributed by atoms with van der Waals surface area (Å²) in [5, 5.41) is 2.10. The molecule has 154 valence electrons. The lowest BCUT2D eigenvalue weighted by molar-refractivity contribution is 0.410. The zero-order valence-electron chi connectivity index (χ0n) is 18.4. The van der Waals surface area contributed by atoms with Gasteiger partial charge in [0.15, 0.2) is 0 Å². The maximum Gasteiger partial charge on any atom is 0.227 e. The maximum atomic E-state index is 6.32. The minimum absolute atomic E-state index is 0.215. The quantitative estimate of drug-likeness (QED) is 0.309. The molecule has 0 fully saturated rings. The molecular formula is C28H26N2O. The van der Waals surface area contributed by atoms with Crippen molar-refractivity contribution in [1.29, 1.82) is 0 Å². The van der Waals surface area contributed by atoms with Gasteiger partial charge in [-0.25, -0.2) is 4.98 Å². The number of hydrogen-bond acceptors (Lipinski definition) is 3. The fraction of sp³-hybridized carbons (Fsp3) is 0.214. The van der Waals surface area contributed by atoms with Crippen LogP contribution in [0.15, 0.2) is 77.3 Å². The van der Waals surface area contributed by atoms with Crippen molar-refractivity contribution in [3.8, 4) is 22.5 Å². The van der Waals surface area contributed by atoms with Crippen LogP contribution in [0.5, 0.6) is 0 Å². The molecule has 0 atom stereocenters. The predicted molar refractivity (Wildman–Crippen MR) is 128 cm³/mol. The monoisotopic (exact) mass is 406 g/mol. The molecule has 0 aliphatic rings. The van der Waals surface area contributed by atoms with Crippen molar-refractivity contribution in [2.24, 2.45) is 5.41 Å². The highest BCUT2D eigenvalue weighted by Gasteiger charge is 2.17. The van der Waals surface area contributed by atoms with Gasteiger partial charge in [-0.15, -0.1) is 0 Å². The summed E-state index contributed by atoms with van der Waals surface area (Å²) < 4.78 is 6.32. The summed E-state index contributed by atoms with van der Waals surface area (Å²) in [6.45, 7) is 8.93. The number of aromatic nitrogens is 2. The van der Waals surface area contributed by atoms with E-state index in [4.69, 9.17) is 14.4 Å². The number of fused-ring (bicyclic) bond motifs is 3. The standard InChI is InChI=1S/C28H26N2O/c1-18-17-29-25(15-20(18)16-28(2,3)4)23-12-8-11-21-22-13-14-24(19-9-6-5-7-10-19)30-27(22)31-26(21)23/h5-15,17H,16H2,1-4H3. The number of nitrogens with zero attached hydrogens (tertiary/aromatic N) is 2. The molecule has 0 spiro atoms. The first-order valence-corrected chi connectivity index (χ1v) is 10.7. The van der Waals surface area contributed by atoms with Crippen molar-refractivity contribution in [2.75, 3.05) is 0 Å². The second-order valence-electron chi connectivity index (χ2n) is 9.43. The number of benzene rings is 2. The molecule has 3 nitrogen and oxygen atoms in total. The Balaban J connectivity index is 1.66. The highest BCUT2D eigenvalue weighted by Crippen LogP contribution is 2.36. The number of furan rings is 1.